The van der Waals surface area contributed by atoms with Crippen LogP contribution in [-0.2, 0) is 11.3 Å². The number of carbonyl (C=O) groups excluding carboxylic acids is 1. The minimum Gasteiger partial charge on any atom is -0.352 e. The lowest BCUT2D eigenvalue weighted by molar-refractivity contribution is -0.121. The van der Waals surface area contributed by atoms with Crippen molar-refractivity contribution >= 4 is 5.91 Å². The van der Waals surface area contributed by atoms with E-state index in [9.17, 15) is 4.79 Å². The third kappa shape index (κ3) is 5.01. The lowest BCUT2D eigenvalue weighted by Gasteiger charge is -2.03. The molecule has 2 heteroatoms. The Morgan fingerprint density at radius 2 is 2.07 bits per heavy atom. The molecule has 0 bridgehead atoms. The van der Waals surface area contributed by atoms with Crippen molar-refractivity contribution in [3.8, 4) is 0 Å². The fourth-order valence-corrected chi connectivity index (χ4v) is 1.27. The topological polar surface area (TPSA) is 29.1 Å². The van der Waals surface area contributed by atoms with Crippen LogP contribution in [0.1, 0.15) is 25.3 Å². The van der Waals surface area contributed by atoms with Crippen LogP contribution in [0.2, 0.25) is 0 Å². The highest BCUT2D eigenvalue weighted by Gasteiger charge is 1.98. The first kappa shape index (κ1) is 11.5. The second-order valence-electron chi connectivity index (χ2n) is 3.37. The Morgan fingerprint density at radius 1 is 1.33 bits per heavy atom. The highest BCUT2D eigenvalue weighted by molar-refractivity contribution is 5.75. The summed E-state index contributed by atoms with van der Waals surface area (Å²) in [5.41, 5.74) is 1.14. The van der Waals surface area contributed by atoms with Crippen LogP contribution in [0.5, 0.6) is 0 Å². The Hall–Kier alpha value is -1.57. The van der Waals surface area contributed by atoms with Crippen LogP contribution in [0, 0.1) is 0 Å². The summed E-state index contributed by atoms with van der Waals surface area (Å²) in [5.74, 6) is 0.108. The van der Waals surface area contributed by atoms with Gasteiger partial charge in [-0.05, 0) is 18.9 Å². The van der Waals surface area contributed by atoms with Crippen molar-refractivity contribution in [2.24, 2.45) is 0 Å². The van der Waals surface area contributed by atoms with Crippen molar-refractivity contribution in [3.63, 3.8) is 0 Å². The highest BCUT2D eigenvalue weighted by atomic mass is 16.1. The predicted octanol–water partition coefficient (Wildman–Crippen LogP) is 2.66. The molecule has 1 aromatic rings. The van der Waals surface area contributed by atoms with Crippen LogP contribution in [0.4, 0.5) is 0 Å². The predicted molar refractivity (Wildman–Crippen MR) is 62.3 cm³/mol. The number of allylic oxidation sites excluding steroid dienone is 2. The molecule has 15 heavy (non-hydrogen) atoms. The molecule has 0 atom stereocenters. The zero-order valence-electron chi connectivity index (χ0n) is 9.07. The zero-order valence-corrected chi connectivity index (χ0v) is 9.07. The molecular weight excluding hydrogens is 186 g/mol. The fourth-order valence-electron chi connectivity index (χ4n) is 1.27. The maximum atomic E-state index is 11.3. The maximum Gasteiger partial charge on any atom is 0.220 e. The van der Waals surface area contributed by atoms with E-state index in [1.165, 1.54) is 0 Å². The number of amides is 1. The van der Waals surface area contributed by atoms with E-state index in [-0.39, 0.29) is 5.91 Å². The van der Waals surface area contributed by atoms with Crippen molar-refractivity contribution in [1.82, 2.24) is 5.32 Å². The summed E-state index contributed by atoms with van der Waals surface area (Å²) in [6, 6.07) is 9.93. The molecule has 0 radical (unpaired) electrons. The van der Waals surface area contributed by atoms with Crippen LogP contribution in [-0.4, -0.2) is 5.91 Å². The molecule has 0 unspecified atom stereocenters. The standard InChI is InChI=1S/C13H17NO/c1-2-3-5-10-13(15)14-11-12-8-6-4-7-9-12/h2-4,6-9H,5,10-11H2,1H3,(H,14,15). The Kier molecular flexibility index (Phi) is 5.23. The summed E-state index contributed by atoms with van der Waals surface area (Å²) in [6.45, 7) is 2.58. The first-order valence-corrected chi connectivity index (χ1v) is 5.24. The molecule has 0 aliphatic carbocycles. The summed E-state index contributed by atoms with van der Waals surface area (Å²) in [5, 5.41) is 2.89. The highest BCUT2D eigenvalue weighted by Crippen LogP contribution is 1.98. The fraction of sp³-hybridized carbons (Fsp3) is 0.308. The van der Waals surface area contributed by atoms with Crippen LogP contribution in [0.25, 0.3) is 0 Å². The normalized spacial score (nSPS) is 10.5. The first-order valence-electron chi connectivity index (χ1n) is 5.24. The second kappa shape index (κ2) is 6.82. The number of benzene rings is 1. The van der Waals surface area contributed by atoms with E-state index < -0.39 is 0 Å². The zero-order chi connectivity index (χ0) is 10.9. The Morgan fingerprint density at radius 3 is 2.73 bits per heavy atom. The molecule has 0 saturated carbocycles. The third-order valence-corrected chi connectivity index (χ3v) is 2.11. The summed E-state index contributed by atoms with van der Waals surface area (Å²) in [7, 11) is 0. The van der Waals surface area contributed by atoms with Crippen LogP contribution in [0.15, 0.2) is 42.5 Å². The Balaban J connectivity index is 2.23. The number of nitrogens with one attached hydrogen (secondary N) is 1. The minimum atomic E-state index is 0.108. The van der Waals surface area contributed by atoms with E-state index in [4.69, 9.17) is 0 Å². The third-order valence-electron chi connectivity index (χ3n) is 2.11. The van der Waals surface area contributed by atoms with Crippen molar-refractivity contribution in [2.45, 2.75) is 26.3 Å². The molecule has 1 N–H and O–H groups in total. The molecule has 0 fully saturated rings. The van der Waals surface area contributed by atoms with E-state index in [2.05, 4.69) is 5.32 Å². The van der Waals surface area contributed by atoms with Gasteiger partial charge >= 0.3 is 0 Å². The molecule has 0 aliphatic heterocycles. The van der Waals surface area contributed by atoms with E-state index >= 15 is 0 Å². The quantitative estimate of drug-likeness (QED) is 0.732. The van der Waals surface area contributed by atoms with Crippen LogP contribution >= 0.6 is 0 Å². The summed E-state index contributed by atoms with van der Waals surface area (Å²) >= 11 is 0. The number of rotatable bonds is 5. The van der Waals surface area contributed by atoms with Crippen molar-refractivity contribution in [3.05, 3.63) is 48.0 Å². The van der Waals surface area contributed by atoms with E-state index in [0.29, 0.717) is 13.0 Å². The second-order valence-corrected chi connectivity index (χ2v) is 3.37. The molecule has 80 valence electrons. The largest absolute Gasteiger partial charge is 0.352 e. The van der Waals surface area contributed by atoms with E-state index in [0.717, 1.165) is 12.0 Å². The lowest BCUT2D eigenvalue weighted by Crippen LogP contribution is -2.22. The van der Waals surface area contributed by atoms with E-state index in [1.54, 1.807) is 0 Å². The Labute approximate surface area is 91.0 Å². The van der Waals surface area contributed by atoms with Gasteiger partial charge in [0.05, 0.1) is 0 Å². The molecule has 0 saturated heterocycles. The molecule has 1 rings (SSSR count). The van der Waals surface area contributed by atoms with Crippen molar-refractivity contribution in [1.29, 1.82) is 0 Å². The van der Waals surface area contributed by atoms with Crippen LogP contribution < -0.4 is 5.32 Å². The van der Waals surface area contributed by atoms with Gasteiger partial charge in [-0.2, -0.15) is 0 Å². The molecule has 2 nitrogen and oxygen atoms in total. The van der Waals surface area contributed by atoms with Gasteiger partial charge in [0, 0.05) is 13.0 Å². The van der Waals surface area contributed by atoms with Gasteiger partial charge in [0.25, 0.3) is 0 Å². The molecule has 1 amide bonds. The van der Waals surface area contributed by atoms with Gasteiger partial charge in [-0.15, -0.1) is 0 Å². The van der Waals surface area contributed by atoms with E-state index in [1.807, 2.05) is 49.4 Å². The van der Waals surface area contributed by atoms with Gasteiger partial charge in [0.2, 0.25) is 5.91 Å². The molecular formula is C13H17NO. The van der Waals surface area contributed by atoms with Crippen molar-refractivity contribution < 1.29 is 4.79 Å². The minimum absolute atomic E-state index is 0.108. The van der Waals surface area contributed by atoms with Gasteiger partial charge in [0.15, 0.2) is 0 Å². The van der Waals surface area contributed by atoms with Gasteiger partial charge in [0.1, 0.15) is 0 Å². The smallest absolute Gasteiger partial charge is 0.220 e. The van der Waals surface area contributed by atoms with Crippen LogP contribution in [0.3, 0.4) is 0 Å². The van der Waals surface area contributed by atoms with Gasteiger partial charge in [-0.1, -0.05) is 42.5 Å². The monoisotopic (exact) mass is 203 g/mol. The number of hydrogen-bond acceptors (Lipinski definition) is 1. The summed E-state index contributed by atoms with van der Waals surface area (Å²) in [6.07, 6.45) is 5.35. The molecule has 0 heterocycles. The van der Waals surface area contributed by atoms with Gasteiger partial charge in [-0.25, -0.2) is 0 Å². The molecule has 0 aromatic heterocycles. The summed E-state index contributed by atoms with van der Waals surface area (Å²) < 4.78 is 0. The first-order chi connectivity index (χ1) is 7.33. The molecule has 0 aliphatic rings. The maximum absolute atomic E-state index is 11.3. The molecule has 1 aromatic carbocycles. The summed E-state index contributed by atoms with van der Waals surface area (Å²) in [4.78, 5) is 11.3. The average molecular weight is 203 g/mol. The van der Waals surface area contributed by atoms with Gasteiger partial charge < -0.3 is 5.32 Å². The molecule has 0 spiro atoms. The Bertz CT molecular complexity index is 317. The average Bonchev–Trinajstić information content (AvgIpc) is 2.28. The SMILES string of the molecule is CC=CCCC(=O)NCc1ccccc1. The van der Waals surface area contributed by atoms with Gasteiger partial charge in [-0.3, -0.25) is 4.79 Å². The van der Waals surface area contributed by atoms with Crippen molar-refractivity contribution in [2.75, 3.05) is 0 Å². The number of hydrogen-bond donors (Lipinski definition) is 1. The number of carbonyl (C=O) groups is 1. The lowest BCUT2D eigenvalue weighted by atomic mass is 10.2.